The number of hydrogen-bond acceptors (Lipinski definition) is 4. The van der Waals surface area contributed by atoms with Crippen LogP contribution in [0.4, 0.5) is 13.2 Å². The van der Waals surface area contributed by atoms with Gasteiger partial charge in [-0.2, -0.15) is 13.2 Å². The molecule has 8 heteroatoms. The highest BCUT2D eigenvalue weighted by Crippen LogP contribution is 2.45. The molecule has 4 nitrogen and oxygen atoms in total. The van der Waals surface area contributed by atoms with Crippen molar-refractivity contribution in [3.8, 4) is 28.7 Å². The minimum atomic E-state index is -4.51. The normalized spacial score (nSPS) is 15.8. The van der Waals surface area contributed by atoms with Gasteiger partial charge in [-0.1, -0.05) is 23.7 Å². The number of hydrogen-bond donors (Lipinski definition) is 0. The molecular formula is C18H14ClF3O4. The van der Waals surface area contributed by atoms with Crippen molar-refractivity contribution in [3.63, 3.8) is 0 Å². The Labute approximate surface area is 152 Å². The van der Waals surface area contributed by atoms with E-state index in [0.29, 0.717) is 17.1 Å². The van der Waals surface area contributed by atoms with Gasteiger partial charge in [0.05, 0.1) is 19.2 Å². The molecule has 1 heterocycles. The van der Waals surface area contributed by atoms with E-state index in [2.05, 4.69) is 0 Å². The SMILES string of the molecule is COc1cccc(OC)c1Oc1cc2c(cc1Cl)C=CC(C(F)(F)F)O2. The van der Waals surface area contributed by atoms with Crippen LogP contribution in [0.2, 0.25) is 5.02 Å². The van der Waals surface area contributed by atoms with Crippen LogP contribution in [0.15, 0.2) is 36.4 Å². The smallest absolute Gasteiger partial charge is 0.429 e. The third-order valence-electron chi connectivity index (χ3n) is 3.69. The van der Waals surface area contributed by atoms with Crippen molar-refractivity contribution in [1.82, 2.24) is 0 Å². The predicted molar refractivity (Wildman–Crippen MR) is 90.6 cm³/mol. The molecule has 1 unspecified atom stereocenters. The number of rotatable bonds is 4. The zero-order valence-corrected chi connectivity index (χ0v) is 14.5. The molecule has 0 N–H and O–H groups in total. The Morgan fingerprint density at radius 2 is 1.69 bits per heavy atom. The lowest BCUT2D eigenvalue weighted by atomic mass is 10.1. The molecule has 0 saturated carbocycles. The summed E-state index contributed by atoms with van der Waals surface area (Å²) in [6.45, 7) is 0. The van der Waals surface area contributed by atoms with Gasteiger partial charge in [0, 0.05) is 11.6 Å². The van der Waals surface area contributed by atoms with Crippen molar-refractivity contribution in [3.05, 3.63) is 47.0 Å². The van der Waals surface area contributed by atoms with E-state index in [1.807, 2.05) is 0 Å². The fraction of sp³-hybridized carbons (Fsp3) is 0.222. The van der Waals surface area contributed by atoms with E-state index in [0.717, 1.165) is 6.08 Å². The van der Waals surface area contributed by atoms with Crippen molar-refractivity contribution in [2.45, 2.75) is 12.3 Å². The lowest BCUT2D eigenvalue weighted by Crippen LogP contribution is -2.33. The lowest BCUT2D eigenvalue weighted by molar-refractivity contribution is -0.180. The van der Waals surface area contributed by atoms with E-state index >= 15 is 0 Å². The van der Waals surface area contributed by atoms with Crippen LogP contribution in [0.3, 0.4) is 0 Å². The minimum absolute atomic E-state index is 0.0167. The van der Waals surface area contributed by atoms with Crippen LogP contribution in [-0.4, -0.2) is 26.5 Å². The van der Waals surface area contributed by atoms with Gasteiger partial charge < -0.3 is 18.9 Å². The van der Waals surface area contributed by atoms with E-state index in [-0.39, 0.29) is 22.3 Å². The maximum atomic E-state index is 12.9. The zero-order valence-electron chi connectivity index (χ0n) is 13.8. The van der Waals surface area contributed by atoms with Crippen molar-refractivity contribution in [1.29, 1.82) is 0 Å². The Morgan fingerprint density at radius 1 is 1.04 bits per heavy atom. The van der Waals surface area contributed by atoms with Gasteiger partial charge in [0.25, 0.3) is 0 Å². The van der Waals surface area contributed by atoms with E-state index < -0.39 is 12.3 Å². The third kappa shape index (κ3) is 3.53. The molecule has 0 spiro atoms. The number of para-hydroxylation sites is 1. The topological polar surface area (TPSA) is 36.9 Å². The summed E-state index contributed by atoms with van der Waals surface area (Å²) in [4.78, 5) is 0. The van der Waals surface area contributed by atoms with Gasteiger partial charge in [0.1, 0.15) is 11.5 Å². The number of ether oxygens (including phenoxy) is 4. The van der Waals surface area contributed by atoms with Crippen molar-refractivity contribution >= 4 is 17.7 Å². The van der Waals surface area contributed by atoms with Crippen LogP contribution >= 0.6 is 11.6 Å². The molecule has 0 fully saturated rings. The van der Waals surface area contributed by atoms with Gasteiger partial charge in [-0.3, -0.25) is 0 Å². The minimum Gasteiger partial charge on any atom is -0.493 e. The lowest BCUT2D eigenvalue weighted by Gasteiger charge is -2.24. The summed E-state index contributed by atoms with van der Waals surface area (Å²) < 4.78 is 60.0. The Balaban J connectivity index is 1.98. The monoisotopic (exact) mass is 386 g/mol. The summed E-state index contributed by atoms with van der Waals surface area (Å²) >= 11 is 6.21. The quantitative estimate of drug-likeness (QED) is 0.696. The second-order valence-electron chi connectivity index (χ2n) is 5.35. The average Bonchev–Trinajstić information content (AvgIpc) is 2.61. The fourth-order valence-electron chi connectivity index (χ4n) is 2.43. The van der Waals surface area contributed by atoms with Crippen molar-refractivity contribution in [2.75, 3.05) is 14.2 Å². The molecule has 0 radical (unpaired) electrons. The molecule has 1 aliphatic rings. The van der Waals surface area contributed by atoms with Crippen molar-refractivity contribution < 1.29 is 32.1 Å². The summed E-state index contributed by atoms with van der Waals surface area (Å²) in [7, 11) is 2.91. The van der Waals surface area contributed by atoms with E-state index in [9.17, 15) is 13.2 Å². The van der Waals surface area contributed by atoms with Crippen LogP contribution < -0.4 is 18.9 Å². The summed E-state index contributed by atoms with van der Waals surface area (Å²) in [5.74, 6) is 1.14. The number of fused-ring (bicyclic) bond motifs is 1. The molecule has 0 amide bonds. The highest BCUT2D eigenvalue weighted by molar-refractivity contribution is 6.32. The van der Waals surface area contributed by atoms with Gasteiger partial charge in [0.2, 0.25) is 11.9 Å². The van der Waals surface area contributed by atoms with Crippen LogP contribution in [0.5, 0.6) is 28.7 Å². The Morgan fingerprint density at radius 3 is 2.27 bits per heavy atom. The molecule has 0 bridgehead atoms. The average molecular weight is 387 g/mol. The third-order valence-corrected chi connectivity index (χ3v) is 3.98. The first-order valence-electron chi connectivity index (χ1n) is 7.47. The maximum absolute atomic E-state index is 12.9. The first kappa shape index (κ1) is 18.3. The van der Waals surface area contributed by atoms with E-state index in [1.165, 1.54) is 32.4 Å². The second-order valence-corrected chi connectivity index (χ2v) is 5.76. The standard InChI is InChI=1S/C18H14ClF3O4/c1-23-12-4-3-5-13(24-2)17(12)26-15-9-14-10(8-11(15)19)6-7-16(25-14)18(20,21)22/h3-9,16H,1-2H3. The maximum Gasteiger partial charge on any atom is 0.429 e. The highest BCUT2D eigenvalue weighted by Gasteiger charge is 2.41. The molecule has 2 aromatic rings. The Bertz CT molecular complexity index is 827. The summed E-state index contributed by atoms with van der Waals surface area (Å²) in [5, 5.41) is 0.204. The Kier molecular flexibility index (Phi) is 4.91. The van der Waals surface area contributed by atoms with Gasteiger partial charge in [0.15, 0.2) is 11.5 Å². The largest absolute Gasteiger partial charge is 0.493 e. The molecule has 3 rings (SSSR count). The number of benzene rings is 2. The van der Waals surface area contributed by atoms with Gasteiger partial charge >= 0.3 is 6.18 Å². The molecule has 2 aromatic carbocycles. The molecule has 1 aliphatic heterocycles. The first-order chi connectivity index (χ1) is 12.3. The van der Waals surface area contributed by atoms with Crippen LogP contribution in [0, 0.1) is 0 Å². The van der Waals surface area contributed by atoms with E-state index in [4.69, 9.17) is 30.5 Å². The first-order valence-corrected chi connectivity index (χ1v) is 7.85. The van der Waals surface area contributed by atoms with Crippen molar-refractivity contribution in [2.24, 2.45) is 0 Å². The summed E-state index contributed by atoms with van der Waals surface area (Å²) in [6, 6.07) is 7.80. The summed E-state index contributed by atoms with van der Waals surface area (Å²) in [6.07, 6.45) is -4.29. The Hall–Kier alpha value is -2.54. The predicted octanol–water partition coefficient (Wildman–Crippen LogP) is 5.49. The number of methoxy groups -OCH3 is 2. The molecule has 0 aromatic heterocycles. The van der Waals surface area contributed by atoms with Crippen LogP contribution in [0.1, 0.15) is 5.56 Å². The van der Waals surface area contributed by atoms with Gasteiger partial charge in [-0.05, 0) is 24.3 Å². The molecule has 0 saturated heterocycles. The number of halogens is 4. The molecule has 138 valence electrons. The van der Waals surface area contributed by atoms with Crippen LogP contribution in [0.25, 0.3) is 6.08 Å². The van der Waals surface area contributed by atoms with Gasteiger partial charge in [-0.25, -0.2) is 0 Å². The number of alkyl halides is 3. The highest BCUT2D eigenvalue weighted by atomic mass is 35.5. The van der Waals surface area contributed by atoms with Crippen LogP contribution in [-0.2, 0) is 0 Å². The molecule has 1 atom stereocenters. The molecule has 26 heavy (non-hydrogen) atoms. The van der Waals surface area contributed by atoms with E-state index in [1.54, 1.807) is 18.2 Å². The fourth-order valence-corrected chi connectivity index (χ4v) is 2.64. The molecule has 0 aliphatic carbocycles. The second kappa shape index (κ2) is 6.99. The summed E-state index contributed by atoms with van der Waals surface area (Å²) in [5.41, 5.74) is 0.426. The molecular weight excluding hydrogens is 373 g/mol. The van der Waals surface area contributed by atoms with Gasteiger partial charge in [-0.15, -0.1) is 0 Å². The zero-order chi connectivity index (χ0) is 18.9.